The van der Waals surface area contributed by atoms with Gasteiger partial charge in [-0.1, -0.05) is 376 Å². The van der Waals surface area contributed by atoms with Crippen LogP contribution in [0.2, 0.25) is 0 Å². The van der Waals surface area contributed by atoms with E-state index in [1.54, 1.807) is 0 Å². The fourth-order valence-electron chi connectivity index (χ4n) is 12.7. The molecule has 0 spiro atoms. The third kappa shape index (κ3) is 76.1. The molecule has 0 amide bonds. The standard InChI is InChI=1S/C82H160O17P2/c1-8-9-10-11-12-13-14-15-16-17-18-19-27-32-37-42-51-58-65-81(86)98-77(69-92-79(84)63-56-49-41-36-31-26-22-20-24-29-34-39-46-53-60-73(2)3)71-96-100(88,89)94-67-76(83)68-95-101(90,91)97-72-78(70-93-80(85)64-57-50-45-44-48-55-62-75(6)7)99-82(87)66-59-52-43-38-33-28-23-21-25-30-35-40-47-54-61-74(4)5/h73-78,83H,8-72H2,1-7H3,(H,88,89)(H,90,91)/t76-,77-,78-/m1/s1. The molecule has 0 aliphatic rings. The van der Waals surface area contributed by atoms with Gasteiger partial charge in [-0.2, -0.15) is 0 Å². The van der Waals surface area contributed by atoms with Crippen molar-refractivity contribution in [1.29, 1.82) is 0 Å². The molecule has 0 aromatic heterocycles. The molecule has 101 heavy (non-hydrogen) atoms. The number of carbonyl (C=O) groups is 4. The molecule has 0 radical (unpaired) electrons. The van der Waals surface area contributed by atoms with Crippen LogP contribution >= 0.6 is 15.6 Å². The smallest absolute Gasteiger partial charge is 0.462 e. The molecule has 0 fully saturated rings. The van der Waals surface area contributed by atoms with Crippen LogP contribution in [0, 0.1) is 17.8 Å². The summed E-state index contributed by atoms with van der Waals surface area (Å²) in [7, 11) is -9.92. The second-order valence-corrected chi connectivity index (χ2v) is 33.8. The average Bonchev–Trinajstić information content (AvgIpc) is 0.939. The van der Waals surface area contributed by atoms with Gasteiger partial charge < -0.3 is 33.8 Å². The Labute approximate surface area is 619 Å². The van der Waals surface area contributed by atoms with E-state index >= 15 is 0 Å². The van der Waals surface area contributed by atoms with E-state index in [0.717, 1.165) is 108 Å². The monoisotopic (exact) mass is 1480 g/mol. The van der Waals surface area contributed by atoms with Crippen LogP contribution < -0.4 is 0 Å². The molecule has 5 atom stereocenters. The maximum atomic E-state index is 13.1. The van der Waals surface area contributed by atoms with Crippen molar-refractivity contribution in [3.05, 3.63) is 0 Å². The lowest BCUT2D eigenvalue weighted by Crippen LogP contribution is -2.30. The predicted octanol–water partition coefficient (Wildman–Crippen LogP) is 24.5. The number of aliphatic hydroxyl groups excluding tert-OH is 1. The topological polar surface area (TPSA) is 237 Å². The van der Waals surface area contributed by atoms with Crippen LogP contribution in [0.15, 0.2) is 0 Å². The third-order valence-electron chi connectivity index (χ3n) is 19.1. The van der Waals surface area contributed by atoms with Gasteiger partial charge in [0.05, 0.1) is 26.4 Å². The largest absolute Gasteiger partial charge is 0.472 e. The van der Waals surface area contributed by atoms with Gasteiger partial charge in [-0.3, -0.25) is 37.3 Å². The molecule has 3 N–H and O–H groups in total. The van der Waals surface area contributed by atoms with Crippen molar-refractivity contribution < 1.29 is 80.2 Å². The lowest BCUT2D eigenvalue weighted by Gasteiger charge is -2.21. The van der Waals surface area contributed by atoms with Gasteiger partial charge in [0.25, 0.3) is 0 Å². The molecular weight excluding hydrogens is 1320 g/mol. The zero-order valence-corrected chi connectivity index (χ0v) is 68.2. The second kappa shape index (κ2) is 72.3. The second-order valence-electron chi connectivity index (χ2n) is 30.9. The first kappa shape index (κ1) is 99.1. The number of hydrogen-bond donors (Lipinski definition) is 3. The van der Waals surface area contributed by atoms with E-state index in [-0.39, 0.29) is 25.7 Å². The SMILES string of the molecule is CCCCCCCCCCCCCCCCCCCCC(=O)O[C@H](COC(=O)CCCCCCCCCCCCCCCCC(C)C)COP(=O)(O)OC[C@@H](O)COP(=O)(O)OC[C@@H](COC(=O)CCCCCCCCC(C)C)OC(=O)CCCCCCCCCCCCCCCCC(C)C. The highest BCUT2D eigenvalue weighted by atomic mass is 31.2. The number of ether oxygens (including phenoxy) is 4. The maximum absolute atomic E-state index is 13.1. The van der Waals surface area contributed by atoms with E-state index in [2.05, 4.69) is 48.5 Å². The molecule has 0 saturated carbocycles. The molecule has 0 heterocycles. The summed E-state index contributed by atoms with van der Waals surface area (Å²) in [5.74, 6) is 0.163. The highest BCUT2D eigenvalue weighted by molar-refractivity contribution is 7.47. The van der Waals surface area contributed by atoms with Gasteiger partial charge >= 0.3 is 39.5 Å². The predicted molar refractivity (Wildman–Crippen MR) is 414 cm³/mol. The van der Waals surface area contributed by atoms with Gasteiger partial charge in [0.2, 0.25) is 0 Å². The van der Waals surface area contributed by atoms with Crippen LogP contribution in [0.1, 0.15) is 427 Å². The summed E-state index contributed by atoms with van der Waals surface area (Å²) in [5, 5.41) is 10.6. The zero-order valence-electron chi connectivity index (χ0n) is 66.4. The first-order chi connectivity index (χ1) is 48.7. The molecule has 17 nitrogen and oxygen atoms in total. The summed E-state index contributed by atoms with van der Waals surface area (Å²) >= 11 is 0. The number of esters is 4. The Morgan fingerprint density at radius 2 is 0.455 bits per heavy atom. The quantitative estimate of drug-likeness (QED) is 0.0222. The number of rotatable bonds is 80. The molecule has 2 unspecified atom stereocenters. The minimum atomic E-state index is -4.96. The van der Waals surface area contributed by atoms with Crippen LogP contribution in [-0.2, 0) is 65.4 Å². The van der Waals surface area contributed by atoms with Crippen molar-refractivity contribution in [2.45, 2.75) is 446 Å². The first-order valence-corrected chi connectivity index (χ1v) is 45.3. The Balaban J connectivity index is 5.22. The number of carbonyl (C=O) groups excluding carboxylic acids is 4. The van der Waals surface area contributed by atoms with Crippen LogP contribution in [0.4, 0.5) is 0 Å². The molecule has 600 valence electrons. The summed E-state index contributed by atoms with van der Waals surface area (Å²) in [5.41, 5.74) is 0. The number of hydrogen-bond acceptors (Lipinski definition) is 15. The summed E-state index contributed by atoms with van der Waals surface area (Å²) in [4.78, 5) is 73.0. The van der Waals surface area contributed by atoms with Crippen molar-refractivity contribution in [3.63, 3.8) is 0 Å². The van der Waals surface area contributed by atoms with Crippen molar-refractivity contribution in [2.24, 2.45) is 17.8 Å². The lowest BCUT2D eigenvalue weighted by atomic mass is 10.0. The van der Waals surface area contributed by atoms with E-state index < -0.39 is 97.5 Å². The van der Waals surface area contributed by atoms with Gasteiger partial charge in [-0.25, -0.2) is 9.13 Å². The van der Waals surface area contributed by atoms with Crippen molar-refractivity contribution >= 4 is 39.5 Å². The number of unbranched alkanes of at least 4 members (excludes halogenated alkanes) is 48. The lowest BCUT2D eigenvalue weighted by molar-refractivity contribution is -0.161. The van der Waals surface area contributed by atoms with E-state index in [1.807, 2.05) is 0 Å². The molecule has 0 aromatic carbocycles. The van der Waals surface area contributed by atoms with E-state index in [0.29, 0.717) is 31.6 Å². The third-order valence-corrected chi connectivity index (χ3v) is 21.0. The van der Waals surface area contributed by atoms with Crippen LogP contribution in [0.25, 0.3) is 0 Å². The number of aliphatic hydroxyl groups is 1. The van der Waals surface area contributed by atoms with Gasteiger partial charge in [-0.15, -0.1) is 0 Å². The molecule has 19 heteroatoms. The Hall–Kier alpha value is -1.94. The number of phosphoric acid groups is 2. The van der Waals surface area contributed by atoms with E-state index in [9.17, 15) is 43.2 Å². The summed E-state index contributed by atoms with van der Waals surface area (Å²) in [6.45, 7) is 11.9. The van der Waals surface area contributed by atoms with Gasteiger partial charge in [0.1, 0.15) is 19.3 Å². The van der Waals surface area contributed by atoms with Crippen LogP contribution in [0.5, 0.6) is 0 Å². The number of phosphoric ester groups is 2. The fourth-order valence-corrected chi connectivity index (χ4v) is 14.2. The van der Waals surface area contributed by atoms with Gasteiger partial charge in [0.15, 0.2) is 12.2 Å². The minimum Gasteiger partial charge on any atom is -0.462 e. The highest BCUT2D eigenvalue weighted by Gasteiger charge is 2.30. The van der Waals surface area contributed by atoms with Gasteiger partial charge in [0, 0.05) is 25.7 Å². The normalized spacial score (nSPS) is 14.0. The average molecular weight is 1480 g/mol. The summed E-state index contributed by atoms with van der Waals surface area (Å²) < 4.78 is 68.7. The van der Waals surface area contributed by atoms with Crippen LogP contribution in [-0.4, -0.2) is 96.7 Å². The molecule has 0 bridgehead atoms. The Morgan fingerprint density at radius 1 is 0.267 bits per heavy atom. The van der Waals surface area contributed by atoms with Crippen molar-refractivity contribution in [3.8, 4) is 0 Å². The van der Waals surface area contributed by atoms with E-state index in [4.69, 9.17) is 37.0 Å². The Kier molecular flexibility index (Phi) is 70.9. The van der Waals surface area contributed by atoms with Gasteiger partial charge in [-0.05, 0) is 43.4 Å². The molecular formula is C82H160O17P2. The maximum Gasteiger partial charge on any atom is 0.472 e. The molecule has 0 saturated heterocycles. The summed E-state index contributed by atoms with van der Waals surface area (Å²) in [6.07, 6.45) is 61.2. The minimum absolute atomic E-state index is 0.106. The molecule has 0 aliphatic heterocycles. The Bertz CT molecular complexity index is 1960. The van der Waals surface area contributed by atoms with Crippen molar-refractivity contribution in [2.75, 3.05) is 39.6 Å². The molecule has 0 aromatic rings. The van der Waals surface area contributed by atoms with Crippen LogP contribution in [0.3, 0.4) is 0 Å². The van der Waals surface area contributed by atoms with Crippen molar-refractivity contribution in [1.82, 2.24) is 0 Å². The molecule has 0 aliphatic carbocycles. The first-order valence-electron chi connectivity index (χ1n) is 42.3. The summed E-state index contributed by atoms with van der Waals surface area (Å²) in [6, 6.07) is 0. The molecule has 0 rings (SSSR count). The fraction of sp³-hybridized carbons (Fsp3) is 0.951. The van der Waals surface area contributed by atoms with E-state index in [1.165, 1.54) is 231 Å². The highest BCUT2D eigenvalue weighted by Crippen LogP contribution is 2.45. The zero-order chi connectivity index (χ0) is 74.4. The Morgan fingerprint density at radius 3 is 0.673 bits per heavy atom.